The van der Waals surface area contributed by atoms with Gasteiger partial charge in [0, 0.05) is 5.69 Å². The van der Waals surface area contributed by atoms with Crippen LogP contribution in [0.2, 0.25) is 0 Å². The quantitative estimate of drug-likeness (QED) is 0.774. The molecule has 2 rings (SSSR count). The van der Waals surface area contributed by atoms with Gasteiger partial charge in [0.05, 0.1) is 24.2 Å². The van der Waals surface area contributed by atoms with Crippen molar-refractivity contribution in [3.63, 3.8) is 0 Å². The highest BCUT2D eigenvalue weighted by atomic mass is 32.2. The highest BCUT2D eigenvalue weighted by molar-refractivity contribution is 7.92. The molecule has 2 aromatic rings. The number of rotatable bonds is 6. The van der Waals surface area contributed by atoms with Crippen LogP contribution in [0.25, 0.3) is 0 Å². The Morgan fingerprint density at radius 2 is 1.74 bits per heavy atom. The molecule has 0 aliphatic heterocycles. The zero-order valence-electron chi connectivity index (χ0n) is 14.4. The second-order valence-corrected chi connectivity index (χ2v) is 7.52. The summed E-state index contributed by atoms with van der Waals surface area (Å²) in [6.07, 6.45) is 0. The fraction of sp³-hybridized carbons (Fsp3) is 0.235. The van der Waals surface area contributed by atoms with E-state index in [9.17, 15) is 26.4 Å². The van der Waals surface area contributed by atoms with Gasteiger partial charge in [-0.15, -0.1) is 0 Å². The molecular weight excluding hydrogens is 385 g/mol. The van der Waals surface area contributed by atoms with Crippen molar-refractivity contribution in [2.75, 3.05) is 24.3 Å². The summed E-state index contributed by atoms with van der Waals surface area (Å²) >= 11 is 0. The number of nitrogens with one attached hydrogen (secondary N) is 2. The van der Waals surface area contributed by atoms with Gasteiger partial charge in [-0.25, -0.2) is 8.42 Å². The minimum Gasteiger partial charge on any atom is -0.495 e. The second kappa shape index (κ2) is 7.87. The van der Waals surface area contributed by atoms with Crippen LogP contribution in [-0.2, 0) is 14.6 Å². The molecule has 2 N–H and O–H groups in total. The second-order valence-electron chi connectivity index (χ2n) is 5.58. The monoisotopic (exact) mass is 402 g/mol. The summed E-state index contributed by atoms with van der Waals surface area (Å²) in [6, 6.07) is 9.66. The van der Waals surface area contributed by atoms with Crippen molar-refractivity contribution in [2.24, 2.45) is 0 Å². The van der Waals surface area contributed by atoms with E-state index >= 15 is 0 Å². The number of ether oxygens (including phenoxy) is 1. The number of methoxy groups -OCH3 is 1. The molecule has 0 heterocycles. The summed E-state index contributed by atoms with van der Waals surface area (Å²) in [5, 5.41) is 5.20. The third-order valence-corrected chi connectivity index (χ3v) is 5.04. The number of carbonyl (C=O) groups is 1. The summed E-state index contributed by atoms with van der Waals surface area (Å²) in [5.74, 6) is -0.371. The van der Waals surface area contributed by atoms with Gasteiger partial charge < -0.3 is 15.4 Å². The van der Waals surface area contributed by atoms with Gasteiger partial charge in [-0.05, 0) is 37.3 Å². The van der Waals surface area contributed by atoms with E-state index in [0.717, 1.165) is 23.8 Å². The number of hydrogen-bond donors (Lipinski definition) is 2. The summed E-state index contributed by atoms with van der Waals surface area (Å²) in [6.45, 7) is 1.58. The van der Waals surface area contributed by atoms with Crippen LogP contribution in [0.15, 0.2) is 47.4 Å². The summed E-state index contributed by atoms with van der Waals surface area (Å²) in [5.41, 5.74) is -3.92. The predicted octanol–water partition coefficient (Wildman–Crippen LogP) is 3.35. The van der Waals surface area contributed by atoms with Crippen LogP contribution in [-0.4, -0.2) is 33.5 Å². The first-order valence-corrected chi connectivity index (χ1v) is 9.12. The van der Waals surface area contributed by atoms with Gasteiger partial charge in [0.15, 0.2) is 0 Å². The van der Waals surface area contributed by atoms with E-state index in [-0.39, 0.29) is 18.0 Å². The Bertz CT molecular complexity index is 926. The molecule has 27 heavy (non-hydrogen) atoms. The number of sulfone groups is 1. The first-order chi connectivity index (χ1) is 12.5. The Morgan fingerprint density at radius 3 is 2.30 bits per heavy atom. The number of carbonyl (C=O) groups excluding carboxylic acids is 1. The third-order valence-electron chi connectivity index (χ3n) is 3.56. The van der Waals surface area contributed by atoms with Crippen molar-refractivity contribution in [1.29, 1.82) is 0 Å². The van der Waals surface area contributed by atoms with Crippen LogP contribution in [0.4, 0.5) is 24.5 Å². The van der Waals surface area contributed by atoms with Crippen LogP contribution in [0, 0.1) is 6.92 Å². The van der Waals surface area contributed by atoms with E-state index in [1.54, 1.807) is 24.3 Å². The lowest BCUT2D eigenvalue weighted by Crippen LogP contribution is -2.24. The van der Waals surface area contributed by atoms with Crippen molar-refractivity contribution >= 4 is 27.1 Å². The van der Waals surface area contributed by atoms with Crippen LogP contribution < -0.4 is 15.4 Å². The van der Waals surface area contributed by atoms with Gasteiger partial charge in [-0.2, -0.15) is 13.2 Å². The van der Waals surface area contributed by atoms with Crippen LogP contribution in [0.1, 0.15) is 5.56 Å². The molecule has 0 fully saturated rings. The highest BCUT2D eigenvalue weighted by Gasteiger charge is 2.47. The van der Waals surface area contributed by atoms with Gasteiger partial charge >= 0.3 is 5.51 Å². The van der Waals surface area contributed by atoms with Crippen molar-refractivity contribution in [3.05, 3.63) is 48.0 Å². The Morgan fingerprint density at radius 1 is 1.11 bits per heavy atom. The lowest BCUT2D eigenvalue weighted by Gasteiger charge is -2.14. The molecule has 1 amide bonds. The SMILES string of the molecule is COc1ccc(S(=O)(=O)C(F)(F)F)cc1NCC(=O)Nc1ccc(C)cc1. The van der Waals surface area contributed by atoms with Gasteiger partial charge in [0.2, 0.25) is 5.91 Å². The molecule has 0 unspecified atom stereocenters. The molecule has 0 atom stereocenters. The normalized spacial score (nSPS) is 11.7. The Labute approximate surface area is 154 Å². The van der Waals surface area contributed by atoms with Crippen LogP contribution in [0.5, 0.6) is 5.75 Å². The maximum Gasteiger partial charge on any atom is 0.501 e. The first kappa shape index (κ1) is 20.6. The minimum absolute atomic E-state index is 0.0538. The van der Waals surface area contributed by atoms with Gasteiger partial charge in [-0.1, -0.05) is 17.7 Å². The molecule has 0 radical (unpaired) electrons. The number of halogens is 3. The number of alkyl halides is 3. The highest BCUT2D eigenvalue weighted by Crippen LogP contribution is 2.34. The molecule has 0 spiro atoms. The number of amides is 1. The Kier molecular flexibility index (Phi) is 5.99. The number of benzene rings is 2. The lowest BCUT2D eigenvalue weighted by molar-refractivity contribution is -0.114. The van der Waals surface area contributed by atoms with E-state index in [2.05, 4.69) is 10.6 Å². The van der Waals surface area contributed by atoms with Gasteiger partial charge in [0.1, 0.15) is 5.75 Å². The Hall–Kier alpha value is -2.75. The molecule has 0 saturated carbocycles. The zero-order valence-corrected chi connectivity index (χ0v) is 15.2. The molecule has 10 heteroatoms. The topological polar surface area (TPSA) is 84.5 Å². The van der Waals surface area contributed by atoms with Crippen molar-refractivity contribution in [2.45, 2.75) is 17.3 Å². The van der Waals surface area contributed by atoms with Crippen LogP contribution >= 0.6 is 0 Å². The van der Waals surface area contributed by atoms with E-state index in [1.165, 1.54) is 7.11 Å². The number of hydrogen-bond acceptors (Lipinski definition) is 5. The summed E-state index contributed by atoms with van der Waals surface area (Å²) in [7, 11) is -4.24. The average molecular weight is 402 g/mol. The van der Waals surface area contributed by atoms with E-state index in [0.29, 0.717) is 5.69 Å². The maximum atomic E-state index is 12.7. The standard InChI is InChI=1S/C17H17F3N2O4S/c1-11-3-5-12(6-4-11)22-16(23)10-21-14-9-13(7-8-15(14)26-2)27(24,25)17(18,19)20/h3-9,21H,10H2,1-2H3,(H,22,23). The van der Waals surface area contributed by atoms with Crippen molar-refractivity contribution in [1.82, 2.24) is 0 Å². The zero-order chi connectivity index (χ0) is 20.2. The Balaban J connectivity index is 2.16. The number of aryl methyl sites for hydroxylation is 1. The van der Waals surface area contributed by atoms with Crippen molar-refractivity contribution < 1.29 is 31.1 Å². The predicted molar refractivity (Wildman–Crippen MR) is 94.5 cm³/mol. The van der Waals surface area contributed by atoms with Gasteiger partial charge in [-0.3, -0.25) is 4.79 Å². The molecule has 146 valence electrons. The van der Waals surface area contributed by atoms with Crippen molar-refractivity contribution in [3.8, 4) is 5.75 Å². The third kappa shape index (κ3) is 4.91. The number of anilines is 2. The molecule has 0 bridgehead atoms. The van der Waals surface area contributed by atoms with Gasteiger partial charge in [0.25, 0.3) is 9.84 Å². The average Bonchev–Trinajstić information content (AvgIpc) is 2.60. The largest absolute Gasteiger partial charge is 0.501 e. The fourth-order valence-electron chi connectivity index (χ4n) is 2.14. The van der Waals surface area contributed by atoms with E-state index < -0.39 is 26.1 Å². The molecule has 2 aromatic carbocycles. The van der Waals surface area contributed by atoms with Crippen LogP contribution in [0.3, 0.4) is 0 Å². The molecule has 0 aliphatic rings. The first-order valence-electron chi connectivity index (χ1n) is 7.64. The lowest BCUT2D eigenvalue weighted by atomic mass is 10.2. The molecule has 0 saturated heterocycles. The smallest absolute Gasteiger partial charge is 0.495 e. The summed E-state index contributed by atoms with van der Waals surface area (Å²) < 4.78 is 66.2. The molecular formula is C17H17F3N2O4S. The van der Waals surface area contributed by atoms with E-state index in [4.69, 9.17) is 4.74 Å². The fourth-order valence-corrected chi connectivity index (χ4v) is 2.93. The summed E-state index contributed by atoms with van der Waals surface area (Å²) in [4.78, 5) is 11.1. The maximum absolute atomic E-state index is 12.7. The van der Waals surface area contributed by atoms with E-state index in [1.807, 2.05) is 6.92 Å². The molecule has 6 nitrogen and oxygen atoms in total. The molecule has 0 aliphatic carbocycles. The molecule has 0 aromatic heterocycles. The minimum atomic E-state index is -5.51.